The minimum atomic E-state index is -1.06. The van der Waals surface area contributed by atoms with Crippen LogP contribution in [-0.4, -0.2) is 63.0 Å². The van der Waals surface area contributed by atoms with E-state index in [2.05, 4.69) is 54.3 Å². The van der Waals surface area contributed by atoms with Crippen LogP contribution in [0.25, 0.3) is 10.9 Å². The average molecular weight is 566 g/mol. The third-order valence-electron chi connectivity index (χ3n) is 7.85. The van der Waals surface area contributed by atoms with Gasteiger partial charge in [0.25, 0.3) is 5.56 Å². The minimum absolute atomic E-state index is 0.176. The normalized spacial score (nSPS) is 16.6. The van der Waals surface area contributed by atoms with Crippen molar-refractivity contribution in [2.45, 2.75) is 59.7 Å². The highest BCUT2D eigenvalue weighted by Gasteiger charge is 2.49. The summed E-state index contributed by atoms with van der Waals surface area (Å²) in [5.41, 5.74) is 4.26. The number of thiocarbonyl (C=S) groups is 1. The van der Waals surface area contributed by atoms with Crippen molar-refractivity contribution >= 4 is 40.0 Å². The number of nitrogens with one attached hydrogen (secondary N) is 3. The van der Waals surface area contributed by atoms with E-state index < -0.39 is 11.8 Å². The highest BCUT2D eigenvalue weighted by molar-refractivity contribution is 7.80. The zero-order valence-corrected chi connectivity index (χ0v) is 24.7. The van der Waals surface area contributed by atoms with Gasteiger partial charge in [0.15, 0.2) is 5.11 Å². The van der Waals surface area contributed by atoms with Gasteiger partial charge >= 0.3 is 6.09 Å². The van der Waals surface area contributed by atoms with Crippen LogP contribution >= 0.6 is 12.2 Å². The molecule has 1 aliphatic heterocycles. The first-order chi connectivity index (χ1) is 19.1. The number of pyridine rings is 1. The van der Waals surface area contributed by atoms with Gasteiger partial charge in [0.2, 0.25) is 0 Å². The molecule has 40 heavy (non-hydrogen) atoms. The summed E-state index contributed by atoms with van der Waals surface area (Å²) in [7, 11) is 0. The Bertz CT molecular complexity index is 1450. The Morgan fingerprint density at radius 1 is 1.18 bits per heavy atom. The Morgan fingerprint density at radius 2 is 1.88 bits per heavy atom. The van der Waals surface area contributed by atoms with Gasteiger partial charge in [0, 0.05) is 37.2 Å². The van der Waals surface area contributed by atoms with Crippen LogP contribution in [0.3, 0.4) is 0 Å². The van der Waals surface area contributed by atoms with Crippen molar-refractivity contribution in [1.29, 1.82) is 0 Å². The van der Waals surface area contributed by atoms with Crippen LogP contribution in [0.4, 0.5) is 10.5 Å². The monoisotopic (exact) mass is 565 g/mol. The fourth-order valence-electron chi connectivity index (χ4n) is 5.45. The summed E-state index contributed by atoms with van der Waals surface area (Å²) in [6, 6.07) is 11.4. The van der Waals surface area contributed by atoms with Crippen LogP contribution in [-0.2, 0) is 13.0 Å². The molecule has 1 fully saturated rings. The summed E-state index contributed by atoms with van der Waals surface area (Å²) in [6.45, 7) is 14.0. The molecule has 3 aromatic rings. The molecule has 2 aromatic carbocycles. The van der Waals surface area contributed by atoms with Crippen LogP contribution in [0.2, 0.25) is 0 Å². The largest absolute Gasteiger partial charge is 0.494 e. The lowest BCUT2D eigenvalue weighted by atomic mass is 9.87. The van der Waals surface area contributed by atoms with Crippen LogP contribution < -0.4 is 20.9 Å². The number of anilines is 1. The van der Waals surface area contributed by atoms with Crippen molar-refractivity contribution in [3.8, 4) is 5.75 Å². The van der Waals surface area contributed by atoms with E-state index in [1.54, 1.807) is 0 Å². The number of aryl methyl sites for hydroxylation is 2. The fourth-order valence-corrected chi connectivity index (χ4v) is 5.76. The summed E-state index contributed by atoms with van der Waals surface area (Å²) in [6.07, 6.45) is -0.370. The molecule has 4 rings (SSSR count). The third-order valence-corrected chi connectivity index (χ3v) is 8.05. The molecular weight excluding hydrogens is 526 g/mol. The number of hydrogen-bond acceptors (Lipinski definition) is 5. The molecule has 1 unspecified atom stereocenters. The van der Waals surface area contributed by atoms with E-state index >= 15 is 0 Å². The second-order valence-electron chi connectivity index (χ2n) is 10.3. The van der Waals surface area contributed by atoms with Crippen molar-refractivity contribution < 1.29 is 14.6 Å². The first-order valence-electron chi connectivity index (χ1n) is 13.8. The van der Waals surface area contributed by atoms with Crippen LogP contribution in [0.1, 0.15) is 49.4 Å². The van der Waals surface area contributed by atoms with E-state index in [1.807, 2.05) is 37.3 Å². The molecule has 0 saturated carbocycles. The molecule has 0 radical (unpaired) electrons. The third kappa shape index (κ3) is 6.08. The number of aromatic nitrogens is 1. The number of carboxylic acid groups (broad SMARTS) is 1. The molecule has 9 nitrogen and oxygen atoms in total. The molecule has 1 aliphatic rings. The van der Waals surface area contributed by atoms with Crippen molar-refractivity contribution in [2.24, 2.45) is 0 Å². The summed E-state index contributed by atoms with van der Waals surface area (Å²) in [5.74, 6) is 0.751. The molecule has 1 aromatic heterocycles. The first-order valence-corrected chi connectivity index (χ1v) is 14.2. The molecule has 4 N–H and O–H groups in total. The van der Waals surface area contributed by atoms with Gasteiger partial charge < -0.3 is 25.5 Å². The quantitative estimate of drug-likeness (QED) is 0.255. The van der Waals surface area contributed by atoms with Crippen molar-refractivity contribution in [3.63, 3.8) is 0 Å². The zero-order valence-electron chi connectivity index (χ0n) is 23.9. The van der Waals surface area contributed by atoms with Crippen molar-refractivity contribution in [1.82, 2.24) is 20.1 Å². The average Bonchev–Trinajstić information content (AvgIpc) is 2.90. The lowest BCUT2D eigenvalue weighted by Crippen LogP contribution is -2.72. The van der Waals surface area contributed by atoms with E-state index in [1.165, 1.54) is 16.0 Å². The number of rotatable bonds is 10. The van der Waals surface area contributed by atoms with Gasteiger partial charge in [-0.15, -0.1) is 0 Å². The number of aromatic amines is 1. The van der Waals surface area contributed by atoms with Gasteiger partial charge in [-0.3, -0.25) is 14.6 Å². The number of amides is 1. The topological polar surface area (TPSA) is 110 Å². The van der Waals surface area contributed by atoms with Crippen LogP contribution in [0.5, 0.6) is 5.75 Å². The van der Waals surface area contributed by atoms with E-state index in [-0.39, 0.29) is 17.1 Å². The number of hydrogen-bond donors (Lipinski definition) is 4. The standard InChI is InChI=1S/C30H39N5O4S/c1-6-34(7-2)18-25-19(4)15-21-16-22(27(36)32-26(21)20(25)5)17-30(13-14-35(30)29(37)38)33-28(40)31-23-9-11-24(12-10-23)39-8-3/h9-12,15-16H,6-8,13-14,17-18H2,1-5H3,(H,32,36)(H,37,38)(H2,31,33,40). The fraction of sp³-hybridized carbons (Fsp3) is 0.433. The Hall–Kier alpha value is -3.63. The second kappa shape index (κ2) is 12.3. The maximum absolute atomic E-state index is 13.4. The number of nitrogens with zero attached hydrogens (tertiary/aromatic N) is 2. The predicted molar refractivity (Wildman–Crippen MR) is 163 cm³/mol. The van der Waals surface area contributed by atoms with Crippen LogP contribution in [0.15, 0.2) is 41.2 Å². The maximum Gasteiger partial charge on any atom is 0.409 e. The van der Waals surface area contributed by atoms with Gasteiger partial charge in [0.05, 0.1) is 12.1 Å². The number of likely N-dealkylation sites (tertiary alicyclic amines) is 1. The van der Waals surface area contributed by atoms with Crippen LogP contribution in [0, 0.1) is 13.8 Å². The zero-order chi connectivity index (χ0) is 29.0. The molecule has 1 saturated heterocycles. The van der Waals surface area contributed by atoms with Gasteiger partial charge in [-0.2, -0.15) is 0 Å². The summed E-state index contributed by atoms with van der Waals surface area (Å²) < 4.78 is 5.49. The Morgan fingerprint density at radius 3 is 2.45 bits per heavy atom. The minimum Gasteiger partial charge on any atom is -0.494 e. The number of benzene rings is 2. The van der Waals surface area contributed by atoms with E-state index in [4.69, 9.17) is 17.0 Å². The SMILES string of the molecule is CCOc1ccc(NC(=S)NC2(Cc3cc4cc(C)c(CN(CC)CC)c(C)c4[nH]c3=O)CCN2C(=O)O)cc1. The number of H-pyrrole nitrogens is 1. The van der Waals surface area contributed by atoms with Gasteiger partial charge in [-0.1, -0.05) is 13.8 Å². The summed E-state index contributed by atoms with van der Waals surface area (Å²) in [5, 5.41) is 17.5. The Kier molecular flexibility index (Phi) is 9.00. The molecule has 2 heterocycles. The maximum atomic E-state index is 13.4. The highest BCUT2D eigenvalue weighted by atomic mass is 32.1. The molecule has 0 aliphatic carbocycles. The lowest BCUT2D eigenvalue weighted by Gasteiger charge is -2.51. The molecule has 0 bridgehead atoms. The highest BCUT2D eigenvalue weighted by Crippen LogP contribution is 2.33. The molecule has 1 atom stereocenters. The lowest BCUT2D eigenvalue weighted by molar-refractivity contribution is -0.0104. The van der Waals surface area contributed by atoms with Gasteiger partial charge in [-0.05, 0) is 105 Å². The molecule has 214 valence electrons. The van der Waals surface area contributed by atoms with Crippen molar-refractivity contribution in [2.75, 3.05) is 31.6 Å². The molecular formula is C30H39N5O4S. The van der Waals surface area contributed by atoms with E-state index in [0.29, 0.717) is 25.1 Å². The summed E-state index contributed by atoms with van der Waals surface area (Å²) in [4.78, 5) is 32.2. The number of carbonyl (C=O) groups is 1. The Balaban J connectivity index is 1.61. The van der Waals surface area contributed by atoms with Gasteiger partial charge in [0.1, 0.15) is 11.4 Å². The predicted octanol–water partition coefficient (Wildman–Crippen LogP) is 4.99. The number of ether oxygens (including phenoxy) is 1. The molecule has 1 amide bonds. The number of fused-ring (bicyclic) bond motifs is 1. The van der Waals surface area contributed by atoms with E-state index in [0.717, 1.165) is 47.5 Å². The smallest absolute Gasteiger partial charge is 0.409 e. The van der Waals surface area contributed by atoms with E-state index in [9.17, 15) is 14.7 Å². The van der Waals surface area contributed by atoms with Crippen molar-refractivity contribution in [3.05, 3.63) is 69.0 Å². The molecule has 0 spiro atoms. The summed E-state index contributed by atoms with van der Waals surface area (Å²) >= 11 is 5.57. The van der Waals surface area contributed by atoms with Gasteiger partial charge in [-0.25, -0.2) is 4.79 Å². The molecule has 10 heteroatoms. The second-order valence-corrected chi connectivity index (χ2v) is 10.7. The first kappa shape index (κ1) is 29.4. The Labute approximate surface area is 240 Å².